The van der Waals surface area contributed by atoms with Crippen molar-refractivity contribution in [3.05, 3.63) is 23.4 Å². The van der Waals surface area contributed by atoms with Gasteiger partial charge < -0.3 is 4.90 Å². The summed E-state index contributed by atoms with van der Waals surface area (Å²) in [6.45, 7) is 5.34. The van der Waals surface area contributed by atoms with E-state index in [-0.39, 0.29) is 0 Å². The van der Waals surface area contributed by atoms with Gasteiger partial charge >= 0.3 is 0 Å². The molecule has 1 aromatic heterocycles. The summed E-state index contributed by atoms with van der Waals surface area (Å²) < 4.78 is 0. The quantitative estimate of drug-likeness (QED) is 0.719. The molecule has 0 aliphatic rings. The highest BCUT2D eigenvalue weighted by molar-refractivity contribution is 5.47. The lowest BCUT2D eigenvalue weighted by atomic mass is 10.2. The third-order valence-corrected chi connectivity index (χ3v) is 2.17. The van der Waals surface area contributed by atoms with Crippen molar-refractivity contribution in [1.82, 2.24) is 4.98 Å². The van der Waals surface area contributed by atoms with E-state index >= 15 is 0 Å². The molecule has 3 heteroatoms. The Hall–Kier alpha value is -2.00. The Bertz CT molecular complexity index is 437. The molecule has 0 aromatic carbocycles. The van der Waals surface area contributed by atoms with Crippen LogP contribution in [0, 0.1) is 30.6 Å². The minimum atomic E-state index is 0.523. The molecule has 0 saturated carbocycles. The van der Waals surface area contributed by atoms with Gasteiger partial charge in [0.15, 0.2) is 0 Å². The lowest BCUT2D eigenvalue weighted by Crippen LogP contribution is -2.25. The summed E-state index contributed by atoms with van der Waals surface area (Å²) in [6, 6.07) is 5.67. The third-order valence-electron chi connectivity index (χ3n) is 2.17. The predicted octanol–water partition coefficient (Wildman–Crippen LogP) is 2.11. The van der Waals surface area contributed by atoms with Gasteiger partial charge in [0.25, 0.3) is 0 Å². The summed E-state index contributed by atoms with van der Waals surface area (Å²) in [4.78, 5) is 6.41. The maximum absolute atomic E-state index is 8.89. The molecule has 0 spiro atoms. The van der Waals surface area contributed by atoms with Gasteiger partial charge in [-0.25, -0.2) is 4.98 Å². The molecule has 82 valence electrons. The largest absolute Gasteiger partial charge is 0.345 e. The Morgan fingerprint density at radius 2 is 2.25 bits per heavy atom. The highest BCUT2D eigenvalue weighted by atomic mass is 15.2. The monoisotopic (exact) mass is 213 g/mol. The van der Waals surface area contributed by atoms with Crippen LogP contribution >= 0.6 is 0 Å². The van der Waals surface area contributed by atoms with Gasteiger partial charge in [-0.05, 0) is 25.5 Å². The van der Waals surface area contributed by atoms with Crippen LogP contribution in [0.25, 0.3) is 0 Å². The van der Waals surface area contributed by atoms with E-state index in [2.05, 4.69) is 23.9 Å². The van der Waals surface area contributed by atoms with Crippen molar-refractivity contribution in [2.24, 2.45) is 0 Å². The zero-order valence-corrected chi connectivity index (χ0v) is 9.70. The Kier molecular flexibility index (Phi) is 4.36. The van der Waals surface area contributed by atoms with Crippen molar-refractivity contribution in [1.29, 1.82) is 5.26 Å². The number of aryl methyl sites for hydroxylation is 1. The number of nitrogens with zero attached hydrogens (tertiary/aromatic N) is 3. The van der Waals surface area contributed by atoms with Crippen LogP contribution in [0.3, 0.4) is 0 Å². The first-order valence-electron chi connectivity index (χ1n) is 5.28. The molecule has 0 radical (unpaired) electrons. The highest BCUT2D eigenvalue weighted by Gasteiger charge is 2.07. The molecule has 16 heavy (non-hydrogen) atoms. The van der Waals surface area contributed by atoms with Crippen molar-refractivity contribution >= 4 is 5.82 Å². The van der Waals surface area contributed by atoms with Gasteiger partial charge in [0.2, 0.25) is 0 Å². The Morgan fingerprint density at radius 3 is 2.81 bits per heavy atom. The van der Waals surface area contributed by atoms with Crippen molar-refractivity contribution in [2.75, 3.05) is 18.0 Å². The molecule has 0 N–H and O–H groups in total. The van der Waals surface area contributed by atoms with Gasteiger partial charge in [0.1, 0.15) is 5.82 Å². The van der Waals surface area contributed by atoms with Crippen LogP contribution in [-0.2, 0) is 0 Å². The molecular formula is C13H15N3. The maximum atomic E-state index is 8.89. The Morgan fingerprint density at radius 1 is 1.50 bits per heavy atom. The van der Waals surface area contributed by atoms with Crippen molar-refractivity contribution in [3.8, 4) is 18.4 Å². The number of rotatable bonds is 4. The van der Waals surface area contributed by atoms with Gasteiger partial charge in [-0.15, -0.1) is 6.42 Å². The first-order chi connectivity index (χ1) is 7.71. The SMILES string of the molecule is C#CCN(CCC)c1cc(C#N)cc(C)n1. The van der Waals surface area contributed by atoms with Crippen molar-refractivity contribution < 1.29 is 0 Å². The van der Waals surface area contributed by atoms with Crippen molar-refractivity contribution in [3.63, 3.8) is 0 Å². The van der Waals surface area contributed by atoms with E-state index in [0.29, 0.717) is 12.1 Å². The summed E-state index contributed by atoms with van der Waals surface area (Å²) in [5.74, 6) is 3.40. The van der Waals surface area contributed by atoms with Crippen molar-refractivity contribution in [2.45, 2.75) is 20.3 Å². The number of anilines is 1. The lowest BCUT2D eigenvalue weighted by molar-refractivity contribution is 0.806. The van der Waals surface area contributed by atoms with Gasteiger partial charge in [0.05, 0.1) is 18.2 Å². The van der Waals surface area contributed by atoms with Crippen LogP contribution in [0.4, 0.5) is 5.82 Å². The molecule has 0 bridgehead atoms. The zero-order chi connectivity index (χ0) is 12.0. The molecule has 0 saturated heterocycles. The summed E-state index contributed by atoms with van der Waals surface area (Å²) in [5.41, 5.74) is 1.47. The Balaban J connectivity index is 3.05. The Labute approximate surface area is 96.7 Å². The fourth-order valence-electron chi connectivity index (χ4n) is 1.53. The number of hydrogen-bond donors (Lipinski definition) is 0. The fraction of sp³-hybridized carbons (Fsp3) is 0.385. The van der Waals surface area contributed by atoms with E-state index < -0.39 is 0 Å². The van der Waals surface area contributed by atoms with E-state index in [1.807, 2.05) is 11.8 Å². The maximum Gasteiger partial charge on any atom is 0.130 e. The number of nitriles is 1. The van der Waals surface area contributed by atoms with Crippen LogP contribution in [0.5, 0.6) is 0 Å². The molecule has 1 rings (SSSR count). The topological polar surface area (TPSA) is 39.9 Å². The lowest BCUT2D eigenvalue weighted by Gasteiger charge is -2.20. The average Bonchev–Trinajstić information content (AvgIpc) is 2.28. The summed E-state index contributed by atoms with van der Waals surface area (Å²) in [6.07, 6.45) is 6.32. The average molecular weight is 213 g/mol. The molecule has 0 amide bonds. The van der Waals surface area contributed by atoms with Crippen LogP contribution in [0.15, 0.2) is 12.1 Å². The van der Waals surface area contributed by atoms with Gasteiger partial charge in [0, 0.05) is 12.2 Å². The molecule has 0 unspecified atom stereocenters. The number of hydrogen-bond acceptors (Lipinski definition) is 3. The van der Waals surface area contributed by atoms with Crippen LogP contribution in [-0.4, -0.2) is 18.1 Å². The molecule has 0 aliphatic carbocycles. The summed E-state index contributed by atoms with van der Waals surface area (Å²) >= 11 is 0. The van der Waals surface area contributed by atoms with E-state index in [1.165, 1.54) is 0 Å². The normalized spacial score (nSPS) is 9.25. The molecule has 1 heterocycles. The van der Waals surface area contributed by atoms with Crippen LogP contribution in [0.1, 0.15) is 24.6 Å². The first-order valence-corrected chi connectivity index (χ1v) is 5.28. The second-order valence-electron chi connectivity index (χ2n) is 3.59. The summed E-state index contributed by atoms with van der Waals surface area (Å²) in [5, 5.41) is 8.89. The number of terminal acetylenes is 1. The third kappa shape index (κ3) is 3.00. The second-order valence-corrected chi connectivity index (χ2v) is 3.59. The van der Waals surface area contributed by atoms with Crippen LogP contribution < -0.4 is 4.90 Å². The highest BCUT2D eigenvalue weighted by Crippen LogP contribution is 2.14. The first kappa shape index (κ1) is 12.1. The fourth-order valence-corrected chi connectivity index (χ4v) is 1.53. The van der Waals surface area contributed by atoms with E-state index in [9.17, 15) is 0 Å². The molecule has 0 aliphatic heterocycles. The molecule has 3 nitrogen and oxygen atoms in total. The molecular weight excluding hydrogens is 198 g/mol. The molecule has 0 fully saturated rings. The summed E-state index contributed by atoms with van der Waals surface area (Å²) in [7, 11) is 0. The minimum absolute atomic E-state index is 0.523. The van der Waals surface area contributed by atoms with E-state index in [4.69, 9.17) is 11.7 Å². The van der Waals surface area contributed by atoms with Gasteiger partial charge in [-0.2, -0.15) is 5.26 Å². The smallest absolute Gasteiger partial charge is 0.130 e. The number of pyridine rings is 1. The van der Waals surface area contributed by atoms with E-state index in [0.717, 1.165) is 24.5 Å². The second kappa shape index (κ2) is 5.78. The number of aromatic nitrogens is 1. The predicted molar refractivity (Wildman–Crippen MR) is 65.0 cm³/mol. The van der Waals surface area contributed by atoms with Crippen LogP contribution in [0.2, 0.25) is 0 Å². The minimum Gasteiger partial charge on any atom is -0.345 e. The van der Waals surface area contributed by atoms with E-state index in [1.54, 1.807) is 12.1 Å². The van der Waals surface area contributed by atoms with Gasteiger partial charge in [-0.1, -0.05) is 12.8 Å². The molecule has 0 atom stereocenters. The molecule has 1 aromatic rings. The van der Waals surface area contributed by atoms with Gasteiger partial charge in [-0.3, -0.25) is 0 Å². The standard InChI is InChI=1S/C13H15N3/c1-4-6-16(7-5-2)13-9-12(10-14)8-11(3)15-13/h1,8-9H,5-7H2,2-3H3. The zero-order valence-electron chi connectivity index (χ0n) is 9.70.